The van der Waals surface area contributed by atoms with Gasteiger partial charge in [0.25, 0.3) is 5.91 Å². The van der Waals surface area contributed by atoms with Crippen LogP contribution >= 0.6 is 11.3 Å². The summed E-state index contributed by atoms with van der Waals surface area (Å²) < 4.78 is 0. The van der Waals surface area contributed by atoms with Crippen molar-refractivity contribution in [2.45, 2.75) is 25.8 Å². The molecule has 1 aliphatic carbocycles. The molecular weight excluding hydrogens is 274 g/mol. The number of nitrogens with two attached hydrogens (primary N) is 1. The Morgan fingerprint density at radius 1 is 1.50 bits per heavy atom. The van der Waals surface area contributed by atoms with Crippen LogP contribution in [0.1, 0.15) is 29.4 Å². The van der Waals surface area contributed by atoms with E-state index in [1.165, 1.54) is 24.2 Å². The Kier molecular flexibility index (Phi) is 3.80. The quantitative estimate of drug-likeness (QED) is 0.760. The van der Waals surface area contributed by atoms with Gasteiger partial charge in [-0.25, -0.2) is 4.98 Å². The van der Waals surface area contributed by atoms with E-state index in [4.69, 9.17) is 5.73 Å². The minimum absolute atomic E-state index is 0.0826. The lowest BCUT2D eigenvalue weighted by molar-refractivity contribution is 0.0940. The summed E-state index contributed by atoms with van der Waals surface area (Å²) in [5.74, 6) is 0.908. The lowest BCUT2D eigenvalue weighted by atomic mass is 10.2. The molecule has 0 radical (unpaired) electrons. The van der Waals surface area contributed by atoms with Crippen LogP contribution in [0.15, 0.2) is 0 Å². The first-order valence-corrected chi connectivity index (χ1v) is 7.99. The van der Waals surface area contributed by atoms with Gasteiger partial charge in [-0.15, -0.1) is 0 Å². The summed E-state index contributed by atoms with van der Waals surface area (Å²) >= 11 is 1.40. The maximum absolute atomic E-state index is 12.3. The van der Waals surface area contributed by atoms with Crippen molar-refractivity contribution in [2.75, 3.05) is 36.8 Å². The van der Waals surface area contributed by atoms with Crippen molar-refractivity contribution in [3.05, 3.63) is 4.88 Å². The fourth-order valence-electron chi connectivity index (χ4n) is 2.46. The van der Waals surface area contributed by atoms with Gasteiger partial charge in [-0.1, -0.05) is 11.3 Å². The number of hydrogen-bond donors (Lipinski definition) is 3. The monoisotopic (exact) mass is 295 g/mol. The van der Waals surface area contributed by atoms with Crippen LogP contribution in [-0.4, -0.2) is 43.1 Å². The number of nitrogens with one attached hydrogen (secondary N) is 2. The summed E-state index contributed by atoms with van der Waals surface area (Å²) in [4.78, 5) is 19.3. The highest BCUT2D eigenvalue weighted by atomic mass is 32.1. The summed E-state index contributed by atoms with van der Waals surface area (Å²) in [5, 5.41) is 7.19. The molecule has 0 bridgehead atoms. The number of aromatic nitrogens is 1. The Hall–Kier alpha value is -1.34. The molecule has 1 amide bonds. The van der Waals surface area contributed by atoms with Crippen molar-refractivity contribution in [2.24, 2.45) is 5.92 Å². The van der Waals surface area contributed by atoms with Crippen molar-refractivity contribution < 1.29 is 4.79 Å². The number of nitrogens with zero attached hydrogens (tertiary/aromatic N) is 2. The molecule has 3 rings (SSSR count). The van der Waals surface area contributed by atoms with E-state index in [1.54, 1.807) is 0 Å². The highest BCUT2D eigenvalue weighted by molar-refractivity contribution is 7.18. The van der Waals surface area contributed by atoms with Gasteiger partial charge in [-0.2, -0.15) is 0 Å². The Morgan fingerprint density at radius 2 is 2.20 bits per heavy atom. The second-order valence-corrected chi connectivity index (χ2v) is 6.52. The van der Waals surface area contributed by atoms with Gasteiger partial charge in [-0.05, 0) is 25.7 Å². The van der Waals surface area contributed by atoms with Gasteiger partial charge in [0.05, 0.1) is 0 Å². The molecule has 110 valence electrons. The van der Waals surface area contributed by atoms with Crippen LogP contribution in [0.2, 0.25) is 0 Å². The van der Waals surface area contributed by atoms with Gasteiger partial charge in [0.2, 0.25) is 0 Å². The molecule has 2 fully saturated rings. The zero-order chi connectivity index (χ0) is 14.1. The minimum Gasteiger partial charge on any atom is -0.382 e. The molecule has 1 saturated carbocycles. The van der Waals surface area contributed by atoms with E-state index >= 15 is 0 Å². The van der Waals surface area contributed by atoms with E-state index in [1.807, 2.05) is 0 Å². The predicted octanol–water partition coefficient (Wildman–Crippen LogP) is 0.663. The SMILES string of the molecule is CC(NC(=O)c1sc(N2CCNCC2)nc1N)C1CC1. The number of hydrogen-bond acceptors (Lipinski definition) is 6. The molecule has 2 aliphatic rings. The van der Waals surface area contributed by atoms with Crippen molar-refractivity contribution >= 4 is 28.2 Å². The highest BCUT2D eigenvalue weighted by Crippen LogP contribution is 2.33. The van der Waals surface area contributed by atoms with E-state index in [9.17, 15) is 4.79 Å². The Balaban J connectivity index is 1.69. The Morgan fingerprint density at radius 3 is 2.85 bits per heavy atom. The zero-order valence-corrected chi connectivity index (χ0v) is 12.5. The Labute approximate surface area is 122 Å². The van der Waals surface area contributed by atoms with E-state index in [0.717, 1.165) is 31.3 Å². The summed E-state index contributed by atoms with van der Waals surface area (Å²) in [5.41, 5.74) is 5.91. The highest BCUT2D eigenvalue weighted by Gasteiger charge is 2.30. The van der Waals surface area contributed by atoms with E-state index in [0.29, 0.717) is 16.6 Å². The molecule has 7 heteroatoms. The molecule has 4 N–H and O–H groups in total. The van der Waals surface area contributed by atoms with Crippen LogP contribution < -0.4 is 21.3 Å². The molecule has 1 unspecified atom stereocenters. The lowest BCUT2D eigenvalue weighted by Gasteiger charge is -2.26. The topological polar surface area (TPSA) is 83.3 Å². The number of anilines is 2. The van der Waals surface area contributed by atoms with Crippen LogP contribution in [0.25, 0.3) is 0 Å². The molecule has 1 aromatic rings. The molecule has 1 saturated heterocycles. The first kappa shape index (κ1) is 13.6. The van der Waals surface area contributed by atoms with E-state index in [2.05, 4.69) is 27.4 Å². The number of nitrogen functional groups attached to an aromatic ring is 1. The van der Waals surface area contributed by atoms with Gasteiger partial charge in [0.1, 0.15) is 10.7 Å². The number of carbonyl (C=O) groups excluding carboxylic acids is 1. The zero-order valence-electron chi connectivity index (χ0n) is 11.7. The summed E-state index contributed by atoms with van der Waals surface area (Å²) in [6, 6.07) is 0.228. The molecule has 0 aromatic carbocycles. The molecule has 1 atom stereocenters. The van der Waals surface area contributed by atoms with Crippen LogP contribution in [0.4, 0.5) is 10.9 Å². The first-order valence-electron chi connectivity index (χ1n) is 7.18. The fourth-order valence-corrected chi connectivity index (χ4v) is 3.40. The standard InChI is InChI=1S/C13H21N5OS/c1-8(9-2-3-9)16-12(19)10-11(14)17-13(20-10)18-6-4-15-5-7-18/h8-9,15H,2-7,14H2,1H3,(H,16,19). The molecule has 20 heavy (non-hydrogen) atoms. The average Bonchev–Trinajstić information content (AvgIpc) is 3.22. The number of amides is 1. The maximum atomic E-state index is 12.3. The predicted molar refractivity (Wildman–Crippen MR) is 81.3 cm³/mol. The number of carbonyl (C=O) groups is 1. The third kappa shape index (κ3) is 2.88. The van der Waals surface area contributed by atoms with Gasteiger partial charge < -0.3 is 21.3 Å². The van der Waals surface area contributed by atoms with Crippen molar-refractivity contribution in [3.63, 3.8) is 0 Å². The van der Waals surface area contributed by atoms with Crippen molar-refractivity contribution in [3.8, 4) is 0 Å². The third-order valence-electron chi connectivity index (χ3n) is 3.92. The first-order chi connectivity index (χ1) is 9.65. The number of rotatable bonds is 4. The molecule has 0 spiro atoms. The second kappa shape index (κ2) is 5.57. The summed E-state index contributed by atoms with van der Waals surface area (Å²) in [6.45, 7) is 5.77. The molecule has 2 heterocycles. The van der Waals surface area contributed by atoms with Crippen LogP contribution in [0.5, 0.6) is 0 Å². The molecule has 1 aliphatic heterocycles. The van der Waals surface area contributed by atoms with Crippen LogP contribution in [0, 0.1) is 5.92 Å². The lowest BCUT2D eigenvalue weighted by Crippen LogP contribution is -2.43. The molecule has 6 nitrogen and oxygen atoms in total. The number of piperazine rings is 1. The number of thiazole rings is 1. The summed E-state index contributed by atoms with van der Waals surface area (Å²) in [6.07, 6.45) is 2.43. The van der Waals surface area contributed by atoms with E-state index < -0.39 is 0 Å². The van der Waals surface area contributed by atoms with E-state index in [-0.39, 0.29) is 11.9 Å². The molecular formula is C13H21N5OS. The Bertz CT molecular complexity index is 493. The fraction of sp³-hybridized carbons (Fsp3) is 0.692. The third-order valence-corrected chi connectivity index (χ3v) is 5.05. The average molecular weight is 295 g/mol. The molecule has 1 aromatic heterocycles. The second-order valence-electron chi connectivity index (χ2n) is 5.55. The maximum Gasteiger partial charge on any atom is 0.265 e. The van der Waals surface area contributed by atoms with Crippen LogP contribution in [-0.2, 0) is 0 Å². The van der Waals surface area contributed by atoms with Crippen molar-refractivity contribution in [1.82, 2.24) is 15.6 Å². The minimum atomic E-state index is -0.0826. The normalized spacial score (nSPS) is 20.8. The van der Waals surface area contributed by atoms with Gasteiger partial charge >= 0.3 is 0 Å². The smallest absolute Gasteiger partial charge is 0.265 e. The van der Waals surface area contributed by atoms with Crippen molar-refractivity contribution in [1.29, 1.82) is 0 Å². The van der Waals surface area contributed by atoms with Gasteiger partial charge in [0.15, 0.2) is 5.13 Å². The summed E-state index contributed by atoms with van der Waals surface area (Å²) in [7, 11) is 0. The van der Waals surface area contributed by atoms with Crippen LogP contribution in [0.3, 0.4) is 0 Å². The van der Waals surface area contributed by atoms with Gasteiger partial charge in [-0.3, -0.25) is 4.79 Å². The van der Waals surface area contributed by atoms with Gasteiger partial charge in [0, 0.05) is 32.2 Å². The largest absolute Gasteiger partial charge is 0.382 e.